The minimum atomic E-state index is -0.264. The first-order valence-electron chi connectivity index (χ1n) is 4.55. The van der Waals surface area contributed by atoms with Gasteiger partial charge in [0.05, 0.1) is 5.25 Å². The van der Waals surface area contributed by atoms with Gasteiger partial charge in [0.25, 0.3) is 0 Å². The van der Waals surface area contributed by atoms with Crippen molar-refractivity contribution in [2.45, 2.75) is 19.1 Å². The van der Waals surface area contributed by atoms with Crippen LogP contribution >= 0.6 is 12.6 Å². The normalized spacial score (nSPS) is 12.3. The molecule has 1 amide bonds. The number of aryl methyl sites for hydroxylation is 1. The number of anilines is 1. The van der Waals surface area contributed by atoms with Gasteiger partial charge < -0.3 is 4.90 Å². The Morgan fingerprint density at radius 1 is 1.43 bits per heavy atom. The molecule has 0 spiro atoms. The number of amides is 1. The van der Waals surface area contributed by atoms with Crippen LogP contribution in [-0.2, 0) is 4.79 Å². The van der Waals surface area contributed by atoms with E-state index >= 15 is 0 Å². The highest BCUT2D eigenvalue weighted by atomic mass is 32.1. The van der Waals surface area contributed by atoms with Crippen LogP contribution in [0.5, 0.6) is 0 Å². The molecule has 0 radical (unpaired) electrons. The lowest BCUT2D eigenvalue weighted by Gasteiger charge is -2.20. The second-order valence-corrected chi connectivity index (χ2v) is 4.13. The van der Waals surface area contributed by atoms with Crippen LogP contribution in [0.3, 0.4) is 0 Å². The molecule has 0 fully saturated rings. The van der Waals surface area contributed by atoms with Crippen LogP contribution in [0.4, 0.5) is 5.69 Å². The Balaban J connectivity index is 2.95. The quantitative estimate of drug-likeness (QED) is 0.741. The zero-order chi connectivity index (χ0) is 10.7. The van der Waals surface area contributed by atoms with E-state index in [2.05, 4.69) is 12.6 Å². The van der Waals surface area contributed by atoms with E-state index in [-0.39, 0.29) is 11.2 Å². The molecule has 2 nitrogen and oxygen atoms in total. The molecule has 1 aromatic rings. The number of hydrogen-bond donors (Lipinski definition) is 1. The fourth-order valence-corrected chi connectivity index (χ4v) is 1.51. The lowest BCUT2D eigenvalue weighted by molar-refractivity contribution is -0.117. The summed E-state index contributed by atoms with van der Waals surface area (Å²) in [5.41, 5.74) is 2.04. The van der Waals surface area contributed by atoms with Crippen LogP contribution in [0.15, 0.2) is 24.3 Å². The molecule has 0 aliphatic carbocycles. The minimum Gasteiger partial charge on any atom is -0.314 e. The van der Waals surface area contributed by atoms with Gasteiger partial charge in [-0.25, -0.2) is 0 Å². The second-order valence-electron chi connectivity index (χ2n) is 3.36. The number of carbonyl (C=O) groups excluding carboxylic acids is 1. The summed E-state index contributed by atoms with van der Waals surface area (Å²) in [6.45, 7) is 3.77. The molecular weight excluding hydrogens is 194 g/mol. The van der Waals surface area contributed by atoms with Gasteiger partial charge in [0.15, 0.2) is 0 Å². The van der Waals surface area contributed by atoms with Gasteiger partial charge in [-0.15, -0.1) is 0 Å². The molecule has 0 saturated carbocycles. The van der Waals surface area contributed by atoms with Gasteiger partial charge in [-0.3, -0.25) is 4.79 Å². The van der Waals surface area contributed by atoms with Crippen LogP contribution in [-0.4, -0.2) is 18.2 Å². The molecule has 1 aromatic carbocycles. The topological polar surface area (TPSA) is 20.3 Å². The maximum atomic E-state index is 11.6. The monoisotopic (exact) mass is 209 g/mol. The lowest BCUT2D eigenvalue weighted by atomic mass is 10.2. The summed E-state index contributed by atoms with van der Waals surface area (Å²) in [4.78, 5) is 13.3. The third kappa shape index (κ3) is 2.29. The van der Waals surface area contributed by atoms with Crippen molar-refractivity contribution in [2.75, 3.05) is 11.9 Å². The lowest BCUT2D eigenvalue weighted by Crippen LogP contribution is -2.32. The Bertz CT molecular complexity index is 336. The summed E-state index contributed by atoms with van der Waals surface area (Å²) in [6, 6.07) is 7.81. The summed E-state index contributed by atoms with van der Waals surface area (Å²) in [5, 5.41) is -0.264. The van der Waals surface area contributed by atoms with E-state index in [0.29, 0.717) is 0 Å². The van der Waals surface area contributed by atoms with E-state index in [0.717, 1.165) is 11.3 Å². The van der Waals surface area contributed by atoms with Crippen molar-refractivity contribution in [1.82, 2.24) is 0 Å². The molecule has 1 unspecified atom stereocenters. The molecule has 0 N–H and O–H groups in total. The van der Waals surface area contributed by atoms with Gasteiger partial charge in [-0.1, -0.05) is 18.2 Å². The Morgan fingerprint density at radius 3 is 2.50 bits per heavy atom. The van der Waals surface area contributed by atoms with E-state index in [9.17, 15) is 4.79 Å². The molecule has 76 valence electrons. The fraction of sp³-hybridized carbons (Fsp3) is 0.364. The summed E-state index contributed by atoms with van der Waals surface area (Å²) in [7, 11) is 1.78. The number of hydrogen-bond acceptors (Lipinski definition) is 2. The van der Waals surface area contributed by atoms with Crippen LogP contribution in [0, 0.1) is 6.92 Å². The van der Waals surface area contributed by atoms with Gasteiger partial charge in [0.2, 0.25) is 5.91 Å². The number of para-hydroxylation sites is 1. The molecule has 14 heavy (non-hydrogen) atoms. The summed E-state index contributed by atoms with van der Waals surface area (Å²) < 4.78 is 0. The Labute approximate surface area is 90.3 Å². The van der Waals surface area contributed by atoms with Gasteiger partial charge in [0.1, 0.15) is 0 Å². The summed E-state index contributed by atoms with van der Waals surface area (Å²) in [5.74, 6) is 0.0163. The van der Waals surface area contributed by atoms with Crippen molar-refractivity contribution < 1.29 is 4.79 Å². The highest BCUT2D eigenvalue weighted by Gasteiger charge is 2.15. The number of rotatable bonds is 2. The molecular formula is C11H15NOS. The molecule has 1 rings (SSSR count). The van der Waals surface area contributed by atoms with E-state index < -0.39 is 0 Å². The standard InChI is InChI=1S/C11H15NOS/c1-8-6-4-5-7-10(8)12(3)11(13)9(2)14/h4-7,9,14H,1-3H3. The molecule has 0 heterocycles. The molecule has 0 aliphatic rings. The molecule has 0 saturated heterocycles. The van der Waals surface area contributed by atoms with Gasteiger partial charge in [0, 0.05) is 12.7 Å². The number of nitrogens with zero attached hydrogens (tertiary/aromatic N) is 1. The molecule has 0 aromatic heterocycles. The summed E-state index contributed by atoms with van der Waals surface area (Å²) >= 11 is 4.13. The van der Waals surface area contributed by atoms with Crippen molar-refractivity contribution in [2.24, 2.45) is 0 Å². The number of benzene rings is 1. The zero-order valence-electron chi connectivity index (χ0n) is 8.69. The van der Waals surface area contributed by atoms with E-state index in [4.69, 9.17) is 0 Å². The van der Waals surface area contributed by atoms with Gasteiger partial charge in [-0.05, 0) is 25.5 Å². The summed E-state index contributed by atoms with van der Waals surface area (Å²) in [6.07, 6.45) is 0. The maximum absolute atomic E-state index is 11.6. The van der Waals surface area contributed by atoms with Crippen molar-refractivity contribution in [3.05, 3.63) is 29.8 Å². The predicted octanol–water partition coefficient (Wildman–Crippen LogP) is 2.28. The average Bonchev–Trinajstić information content (AvgIpc) is 2.16. The number of carbonyl (C=O) groups is 1. The zero-order valence-corrected chi connectivity index (χ0v) is 9.58. The predicted molar refractivity (Wildman–Crippen MR) is 63.0 cm³/mol. The highest BCUT2D eigenvalue weighted by molar-refractivity contribution is 7.81. The second kappa shape index (κ2) is 4.51. The first-order chi connectivity index (χ1) is 6.54. The SMILES string of the molecule is Cc1ccccc1N(C)C(=O)C(C)S. The Hall–Kier alpha value is -0.960. The first kappa shape index (κ1) is 11.1. The van der Waals surface area contributed by atoms with Crippen molar-refractivity contribution >= 4 is 24.2 Å². The van der Waals surface area contributed by atoms with Crippen LogP contribution in [0.25, 0.3) is 0 Å². The third-order valence-corrected chi connectivity index (χ3v) is 2.39. The Morgan fingerprint density at radius 2 is 2.00 bits per heavy atom. The van der Waals surface area contributed by atoms with Crippen LogP contribution in [0.1, 0.15) is 12.5 Å². The average molecular weight is 209 g/mol. The smallest absolute Gasteiger partial charge is 0.239 e. The number of thiol groups is 1. The van der Waals surface area contributed by atoms with Crippen molar-refractivity contribution in [3.8, 4) is 0 Å². The highest BCUT2D eigenvalue weighted by Crippen LogP contribution is 2.19. The van der Waals surface area contributed by atoms with Crippen molar-refractivity contribution in [1.29, 1.82) is 0 Å². The van der Waals surface area contributed by atoms with E-state index in [1.807, 2.05) is 31.2 Å². The van der Waals surface area contributed by atoms with Crippen LogP contribution < -0.4 is 4.90 Å². The minimum absolute atomic E-state index is 0.0163. The van der Waals surface area contributed by atoms with Crippen LogP contribution in [0.2, 0.25) is 0 Å². The Kier molecular flexibility index (Phi) is 3.58. The first-order valence-corrected chi connectivity index (χ1v) is 5.07. The molecule has 3 heteroatoms. The van der Waals surface area contributed by atoms with Gasteiger partial charge >= 0.3 is 0 Å². The molecule has 1 atom stereocenters. The molecule has 0 bridgehead atoms. The van der Waals surface area contributed by atoms with Gasteiger partial charge in [-0.2, -0.15) is 12.6 Å². The third-order valence-electron chi connectivity index (χ3n) is 2.16. The van der Waals surface area contributed by atoms with E-state index in [1.54, 1.807) is 18.9 Å². The molecule has 0 aliphatic heterocycles. The van der Waals surface area contributed by atoms with Crippen molar-refractivity contribution in [3.63, 3.8) is 0 Å². The maximum Gasteiger partial charge on any atom is 0.239 e. The largest absolute Gasteiger partial charge is 0.314 e. The van der Waals surface area contributed by atoms with E-state index in [1.165, 1.54) is 0 Å². The fourth-order valence-electron chi connectivity index (χ4n) is 1.34.